The van der Waals surface area contributed by atoms with Gasteiger partial charge in [0.2, 0.25) is 5.90 Å². The number of aliphatic imine (C=N–C) groups is 1. The zero-order chi connectivity index (χ0) is 17.7. The van der Waals surface area contributed by atoms with Gasteiger partial charge in [-0.2, -0.15) is 0 Å². The number of aryl methyl sites for hydroxylation is 3. The maximum Gasteiger partial charge on any atom is 0.363 e. The minimum atomic E-state index is -0.389. The van der Waals surface area contributed by atoms with E-state index in [1.165, 1.54) is 21.9 Å². The van der Waals surface area contributed by atoms with E-state index in [4.69, 9.17) is 4.74 Å². The lowest BCUT2D eigenvalue weighted by molar-refractivity contribution is -0.129. The number of benzene rings is 3. The van der Waals surface area contributed by atoms with E-state index >= 15 is 0 Å². The molecule has 0 spiro atoms. The predicted octanol–water partition coefficient (Wildman–Crippen LogP) is 4.59. The highest BCUT2D eigenvalue weighted by molar-refractivity contribution is 6.13. The van der Waals surface area contributed by atoms with E-state index < -0.39 is 0 Å². The molecule has 0 amide bonds. The minimum absolute atomic E-state index is 0.362. The van der Waals surface area contributed by atoms with Crippen LogP contribution in [0.3, 0.4) is 0 Å². The molecule has 5 rings (SSSR count). The van der Waals surface area contributed by atoms with Gasteiger partial charge in [0.05, 0.1) is 0 Å². The second kappa shape index (κ2) is 5.67. The van der Waals surface area contributed by atoms with E-state index in [0.29, 0.717) is 11.6 Å². The van der Waals surface area contributed by atoms with Crippen LogP contribution in [0.25, 0.3) is 16.8 Å². The first-order valence-electron chi connectivity index (χ1n) is 8.82. The molecule has 1 aliphatic carbocycles. The first kappa shape index (κ1) is 15.1. The third kappa shape index (κ3) is 2.36. The molecule has 0 saturated carbocycles. The second-order valence-corrected chi connectivity index (χ2v) is 6.85. The molecule has 0 atom stereocenters. The summed E-state index contributed by atoms with van der Waals surface area (Å²) in [6.45, 7) is 2.01. The second-order valence-electron chi connectivity index (χ2n) is 6.85. The maximum atomic E-state index is 12.3. The average Bonchev–Trinajstić information content (AvgIpc) is 3.23. The summed E-state index contributed by atoms with van der Waals surface area (Å²) in [4.78, 5) is 16.8. The highest BCUT2D eigenvalue weighted by Crippen LogP contribution is 2.34. The molecule has 1 aliphatic heterocycles. The van der Waals surface area contributed by atoms with Crippen LogP contribution in [0.1, 0.15) is 27.8 Å². The summed E-state index contributed by atoms with van der Waals surface area (Å²) >= 11 is 0. The first-order chi connectivity index (χ1) is 12.7. The molecular formula is C23H17NO2. The lowest BCUT2D eigenvalue weighted by Gasteiger charge is -2.05. The topological polar surface area (TPSA) is 38.7 Å². The predicted molar refractivity (Wildman–Crippen MR) is 103 cm³/mol. The number of ether oxygens (including phenoxy) is 1. The Morgan fingerprint density at radius 3 is 2.81 bits per heavy atom. The van der Waals surface area contributed by atoms with Crippen LogP contribution >= 0.6 is 0 Å². The number of rotatable bonds is 2. The molecule has 1 heterocycles. The van der Waals surface area contributed by atoms with Gasteiger partial charge in [-0.1, -0.05) is 48.0 Å². The van der Waals surface area contributed by atoms with Crippen LogP contribution in [-0.4, -0.2) is 11.9 Å². The molecule has 0 bridgehead atoms. The summed E-state index contributed by atoms with van der Waals surface area (Å²) in [7, 11) is 0. The standard InChI is InChI=1S/C23H17NO2/c1-14-4-2-7-18(12-14)22-24-20(23(25)26-22)13-17-9-8-15-5-3-6-16-10-11-19(17)21(15)16/h2-9,12-13H,10-11H2,1H3. The van der Waals surface area contributed by atoms with Gasteiger partial charge < -0.3 is 4.74 Å². The average molecular weight is 339 g/mol. The van der Waals surface area contributed by atoms with Crippen molar-refractivity contribution in [2.75, 3.05) is 0 Å². The van der Waals surface area contributed by atoms with Crippen LogP contribution in [-0.2, 0) is 22.4 Å². The van der Waals surface area contributed by atoms with E-state index in [0.717, 1.165) is 29.5 Å². The summed E-state index contributed by atoms with van der Waals surface area (Å²) in [6, 6.07) is 18.5. The molecule has 0 radical (unpaired) electrons. The third-order valence-corrected chi connectivity index (χ3v) is 5.10. The molecule has 2 aliphatic rings. The Bertz CT molecular complexity index is 1140. The van der Waals surface area contributed by atoms with E-state index in [9.17, 15) is 4.79 Å². The summed E-state index contributed by atoms with van der Waals surface area (Å²) < 4.78 is 5.40. The molecule has 3 nitrogen and oxygen atoms in total. The molecule has 26 heavy (non-hydrogen) atoms. The Labute approximate surface area is 151 Å². The molecule has 0 unspecified atom stereocenters. The molecule has 0 fully saturated rings. The molecule has 3 heteroatoms. The van der Waals surface area contributed by atoms with Gasteiger partial charge in [-0.3, -0.25) is 0 Å². The molecular weight excluding hydrogens is 322 g/mol. The fraction of sp³-hybridized carbons (Fsp3) is 0.130. The number of cyclic esters (lactones) is 1. The molecule has 0 aromatic heterocycles. The number of carbonyl (C=O) groups excluding carboxylic acids is 1. The minimum Gasteiger partial charge on any atom is -0.402 e. The van der Waals surface area contributed by atoms with Crippen LogP contribution in [0, 0.1) is 6.92 Å². The molecule has 0 saturated heterocycles. The Kier molecular flexibility index (Phi) is 3.29. The zero-order valence-electron chi connectivity index (χ0n) is 14.5. The SMILES string of the molecule is Cc1cccc(C2=NC(=Cc3ccc4cccc5c4c3CC5)C(=O)O2)c1. The van der Waals surface area contributed by atoms with Crippen molar-refractivity contribution in [1.82, 2.24) is 0 Å². The van der Waals surface area contributed by atoms with Gasteiger partial charge >= 0.3 is 5.97 Å². The normalized spacial score (nSPS) is 17.0. The van der Waals surface area contributed by atoms with Crippen molar-refractivity contribution in [2.45, 2.75) is 19.8 Å². The van der Waals surface area contributed by atoms with Gasteiger partial charge in [-0.15, -0.1) is 0 Å². The van der Waals surface area contributed by atoms with E-state index in [1.54, 1.807) is 0 Å². The fourth-order valence-electron chi connectivity index (χ4n) is 3.88. The van der Waals surface area contributed by atoms with Gasteiger partial charge in [-0.05, 0) is 65.4 Å². The van der Waals surface area contributed by atoms with Gasteiger partial charge in [0.1, 0.15) is 0 Å². The quantitative estimate of drug-likeness (QED) is 0.506. The van der Waals surface area contributed by atoms with Crippen molar-refractivity contribution in [3.05, 3.63) is 88.1 Å². The van der Waals surface area contributed by atoms with E-state index in [-0.39, 0.29) is 5.97 Å². The highest BCUT2D eigenvalue weighted by atomic mass is 16.6. The van der Waals surface area contributed by atoms with Crippen molar-refractivity contribution < 1.29 is 9.53 Å². The number of hydrogen-bond acceptors (Lipinski definition) is 3. The summed E-state index contributed by atoms with van der Waals surface area (Å²) in [5.41, 5.74) is 6.04. The first-order valence-corrected chi connectivity index (χ1v) is 8.82. The Morgan fingerprint density at radius 1 is 1.04 bits per heavy atom. The third-order valence-electron chi connectivity index (χ3n) is 5.10. The van der Waals surface area contributed by atoms with Gasteiger partial charge in [-0.25, -0.2) is 9.79 Å². The van der Waals surface area contributed by atoms with Crippen LogP contribution < -0.4 is 0 Å². The van der Waals surface area contributed by atoms with Crippen LogP contribution in [0.5, 0.6) is 0 Å². The molecule has 3 aromatic rings. The summed E-state index contributed by atoms with van der Waals surface area (Å²) in [5.74, 6) is -0.0112. The monoisotopic (exact) mass is 339 g/mol. The lowest BCUT2D eigenvalue weighted by Crippen LogP contribution is -2.05. The Morgan fingerprint density at radius 2 is 1.92 bits per heavy atom. The summed E-state index contributed by atoms with van der Waals surface area (Å²) in [5, 5.41) is 2.59. The van der Waals surface area contributed by atoms with Crippen molar-refractivity contribution in [2.24, 2.45) is 4.99 Å². The zero-order valence-corrected chi connectivity index (χ0v) is 14.5. The molecule has 126 valence electrons. The smallest absolute Gasteiger partial charge is 0.363 e. The Balaban J connectivity index is 1.59. The van der Waals surface area contributed by atoms with E-state index in [1.807, 2.05) is 37.3 Å². The van der Waals surface area contributed by atoms with E-state index in [2.05, 4.69) is 35.3 Å². The summed E-state index contributed by atoms with van der Waals surface area (Å²) in [6.07, 6.45) is 3.91. The van der Waals surface area contributed by atoms with Crippen LogP contribution in [0.15, 0.2) is 65.3 Å². The molecule has 0 N–H and O–H groups in total. The van der Waals surface area contributed by atoms with Crippen LogP contribution in [0.4, 0.5) is 0 Å². The van der Waals surface area contributed by atoms with Crippen molar-refractivity contribution >= 4 is 28.7 Å². The maximum absolute atomic E-state index is 12.3. The number of nitrogens with zero attached hydrogens (tertiary/aromatic N) is 1. The number of esters is 1. The number of hydrogen-bond donors (Lipinski definition) is 0. The van der Waals surface area contributed by atoms with Crippen molar-refractivity contribution in [1.29, 1.82) is 0 Å². The van der Waals surface area contributed by atoms with Crippen LogP contribution in [0.2, 0.25) is 0 Å². The van der Waals surface area contributed by atoms with Crippen molar-refractivity contribution in [3.8, 4) is 0 Å². The Hall–Kier alpha value is -3.20. The van der Waals surface area contributed by atoms with Crippen molar-refractivity contribution in [3.63, 3.8) is 0 Å². The van der Waals surface area contributed by atoms with Gasteiger partial charge in [0, 0.05) is 5.56 Å². The largest absolute Gasteiger partial charge is 0.402 e. The lowest BCUT2D eigenvalue weighted by atomic mass is 9.99. The number of carbonyl (C=O) groups is 1. The molecule has 3 aromatic carbocycles. The highest BCUT2D eigenvalue weighted by Gasteiger charge is 2.25. The fourth-order valence-corrected chi connectivity index (χ4v) is 3.88. The van der Waals surface area contributed by atoms with Gasteiger partial charge in [0.25, 0.3) is 0 Å². The van der Waals surface area contributed by atoms with Gasteiger partial charge in [0.15, 0.2) is 5.70 Å².